The third-order valence-corrected chi connectivity index (χ3v) is 2.64. The van der Waals surface area contributed by atoms with Gasteiger partial charge in [-0.2, -0.15) is 0 Å². The van der Waals surface area contributed by atoms with Gasteiger partial charge in [-0.1, -0.05) is 18.2 Å². The van der Waals surface area contributed by atoms with Crippen LogP contribution in [0, 0.1) is 0 Å². The van der Waals surface area contributed by atoms with Crippen LogP contribution in [0.2, 0.25) is 0 Å². The summed E-state index contributed by atoms with van der Waals surface area (Å²) in [4.78, 5) is -0.447. The summed E-state index contributed by atoms with van der Waals surface area (Å²) in [5.74, 6) is 0. The molecule has 13 heavy (non-hydrogen) atoms. The number of rotatable bonds is 7. The Bertz CT molecular complexity index is 177. The first-order chi connectivity index (χ1) is 6.10. The summed E-state index contributed by atoms with van der Waals surface area (Å²) in [6, 6.07) is -0.0948. The normalized spacial score (nSPS) is 13.4. The van der Waals surface area contributed by atoms with Gasteiger partial charge in [0, 0.05) is 6.04 Å². The third-order valence-electron chi connectivity index (χ3n) is 2.05. The van der Waals surface area contributed by atoms with Crippen molar-refractivity contribution in [2.75, 3.05) is 0 Å². The fourth-order valence-corrected chi connectivity index (χ4v) is 1.56. The minimum absolute atomic E-state index is 0.0948. The highest BCUT2D eigenvalue weighted by molar-refractivity contribution is 6.24. The molecule has 0 spiro atoms. The standard InChI is InChI=1S/C11H18ClN/c1-4-7-10(13)11(12,8-5-2)9-6-3/h4-6,10H,1-3,7-9,13H2. The molecule has 0 aliphatic heterocycles. The number of halogens is 1. The van der Waals surface area contributed by atoms with Crippen molar-refractivity contribution in [1.29, 1.82) is 0 Å². The first-order valence-corrected chi connectivity index (χ1v) is 4.75. The van der Waals surface area contributed by atoms with Crippen LogP contribution in [0.3, 0.4) is 0 Å². The number of hydrogen-bond acceptors (Lipinski definition) is 1. The first kappa shape index (κ1) is 12.5. The zero-order valence-corrected chi connectivity index (χ0v) is 8.76. The lowest BCUT2D eigenvalue weighted by Gasteiger charge is -2.30. The molecule has 1 atom stereocenters. The summed E-state index contributed by atoms with van der Waals surface area (Å²) in [6.07, 6.45) is 7.46. The van der Waals surface area contributed by atoms with Gasteiger partial charge in [0.2, 0.25) is 0 Å². The van der Waals surface area contributed by atoms with Crippen molar-refractivity contribution in [3.8, 4) is 0 Å². The van der Waals surface area contributed by atoms with Gasteiger partial charge in [0.1, 0.15) is 0 Å². The van der Waals surface area contributed by atoms with Crippen LogP contribution < -0.4 is 5.73 Å². The van der Waals surface area contributed by atoms with Crippen LogP contribution in [0.15, 0.2) is 38.0 Å². The average Bonchev–Trinajstić information content (AvgIpc) is 2.05. The Kier molecular flexibility index (Phi) is 5.76. The largest absolute Gasteiger partial charge is 0.326 e. The van der Waals surface area contributed by atoms with Crippen molar-refractivity contribution < 1.29 is 0 Å². The molecule has 0 fully saturated rings. The van der Waals surface area contributed by atoms with Crippen LogP contribution in [-0.2, 0) is 0 Å². The molecular formula is C11H18ClN. The number of alkyl halides is 1. The quantitative estimate of drug-likeness (QED) is 0.495. The van der Waals surface area contributed by atoms with Crippen molar-refractivity contribution in [2.24, 2.45) is 5.73 Å². The molecule has 74 valence electrons. The van der Waals surface area contributed by atoms with Gasteiger partial charge in [0.15, 0.2) is 0 Å². The maximum absolute atomic E-state index is 6.35. The monoisotopic (exact) mass is 199 g/mol. The van der Waals surface area contributed by atoms with E-state index in [-0.39, 0.29) is 6.04 Å². The van der Waals surface area contributed by atoms with E-state index in [9.17, 15) is 0 Å². The van der Waals surface area contributed by atoms with E-state index in [1.54, 1.807) is 18.2 Å². The molecule has 2 N–H and O–H groups in total. The summed E-state index contributed by atoms with van der Waals surface area (Å²) in [5.41, 5.74) is 5.94. The summed E-state index contributed by atoms with van der Waals surface area (Å²) < 4.78 is 0. The molecular weight excluding hydrogens is 182 g/mol. The average molecular weight is 200 g/mol. The molecule has 0 aliphatic rings. The van der Waals surface area contributed by atoms with E-state index in [4.69, 9.17) is 17.3 Å². The van der Waals surface area contributed by atoms with Crippen LogP contribution in [0.25, 0.3) is 0 Å². The van der Waals surface area contributed by atoms with E-state index < -0.39 is 4.87 Å². The SMILES string of the molecule is C=CCC(N)C(Cl)(CC=C)CC=C. The Morgan fingerprint density at radius 1 is 1.15 bits per heavy atom. The summed E-state index contributed by atoms with van der Waals surface area (Å²) in [7, 11) is 0. The molecule has 0 radical (unpaired) electrons. The second-order valence-electron chi connectivity index (χ2n) is 3.15. The number of nitrogens with two attached hydrogens (primary N) is 1. The van der Waals surface area contributed by atoms with Gasteiger partial charge in [0.05, 0.1) is 4.87 Å². The molecule has 0 aliphatic carbocycles. The molecule has 0 saturated carbocycles. The van der Waals surface area contributed by atoms with E-state index in [0.717, 1.165) is 0 Å². The molecule has 0 rings (SSSR count). The molecule has 0 heterocycles. The van der Waals surface area contributed by atoms with Gasteiger partial charge < -0.3 is 5.73 Å². The molecule has 1 nitrogen and oxygen atoms in total. The Morgan fingerprint density at radius 2 is 1.62 bits per heavy atom. The number of hydrogen-bond donors (Lipinski definition) is 1. The van der Waals surface area contributed by atoms with Crippen LogP contribution >= 0.6 is 11.6 Å². The van der Waals surface area contributed by atoms with Gasteiger partial charge in [-0.05, 0) is 19.3 Å². The minimum atomic E-state index is -0.447. The van der Waals surface area contributed by atoms with E-state index in [1.807, 2.05) is 0 Å². The van der Waals surface area contributed by atoms with Gasteiger partial charge in [-0.25, -0.2) is 0 Å². The summed E-state index contributed by atoms with van der Waals surface area (Å²) >= 11 is 6.35. The Hall–Kier alpha value is -0.530. The molecule has 0 aromatic heterocycles. The van der Waals surface area contributed by atoms with E-state index in [1.165, 1.54) is 0 Å². The predicted molar refractivity (Wildman–Crippen MR) is 61.0 cm³/mol. The second-order valence-corrected chi connectivity index (χ2v) is 3.90. The highest BCUT2D eigenvalue weighted by Gasteiger charge is 2.30. The van der Waals surface area contributed by atoms with Crippen molar-refractivity contribution in [1.82, 2.24) is 0 Å². The topological polar surface area (TPSA) is 26.0 Å². The highest BCUT2D eigenvalue weighted by atomic mass is 35.5. The Labute approximate surface area is 86.0 Å². The van der Waals surface area contributed by atoms with Crippen LogP contribution in [-0.4, -0.2) is 10.9 Å². The molecule has 1 unspecified atom stereocenters. The summed E-state index contributed by atoms with van der Waals surface area (Å²) in [6.45, 7) is 11.0. The van der Waals surface area contributed by atoms with Gasteiger partial charge in [0.25, 0.3) is 0 Å². The maximum Gasteiger partial charge on any atom is 0.0668 e. The number of allylic oxidation sites excluding steroid dienone is 2. The highest BCUT2D eigenvalue weighted by Crippen LogP contribution is 2.30. The molecule has 0 amide bonds. The molecule has 0 aromatic carbocycles. The first-order valence-electron chi connectivity index (χ1n) is 4.38. The van der Waals surface area contributed by atoms with E-state index in [2.05, 4.69) is 19.7 Å². The second kappa shape index (κ2) is 6.01. The lowest BCUT2D eigenvalue weighted by atomic mass is 9.90. The van der Waals surface area contributed by atoms with Crippen LogP contribution in [0.1, 0.15) is 19.3 Å². The molecule has 0 aromatic rings. The predicted octanol–water partition coefficient (Wildman–Crippen LogP) is 3.02. The lowest BCUT2D eigenvalue weighted by molar-refractivity contribution is 0.467. The maximum atomic E-state index is 6.35. The fourth-order valence-electron chi connectivity index (χ4n) is 1.26. The smallest absolute Gasteiger partial charge is 0.0668 e. The fraction of sp³-hybridized carbons (Fsp3) is 0.455. The van der Waals surface area contributed by atoms with E-state index in [0.29, 0.717) is 19.3 Å². The van der Waals surface area contributed by atoms with Crippen molar-refractivity contribution in [2.45, 2.75) is 30.2 Å². The van der Waals surface area contributed by atoms with Crippen molar-refractivity contribution in [3.05, 3.63) is 38.0 Å². The van der Waals surface area contributed by atoms with Gasteiger partial charge in [-0.15, -0.1) is 31.3 Å². The zero-order valence-electron chi connectivity index (χ0n) is 8.01. The molecule has 0 bridgehead atoms. The van der Waals surface area contributed by atoms with Crippen molar-refractivity contribution >= 4 is 11.6 Å². The van der Waals surface area contributed by atoms with Gasteiger partial charge >= 0.3 is 0 Å². The minimum Gasteiger partial charge on any atom is -0.326 e. The summed E-state index contributed by atoms with van der Waals surface area (Å²) in [5, 5.41) is 0. The van der Waals surface area contributed by atoms with Crippen LogP contribution in [0.4, 0.5) is 0 Å². The van der Waals surface area contributed by atoms with Crippen molar-refractivity contribution in [3.63, 3.8) is 0 Å². The van der Waals surface area contributed by atoms with Gasteiger partial charge in [-0.3, -0.25) is 0 Å². The third kappa shape index (κ3) is 3.79. The molecule has 0 saturated heterocycles. The molecule has 2 heteroatoms. The van der Waals surface area contributed by atoms with Crippen LogP contribution in [0.5, 0.6) is 0 Å². The Morgan fingerprint density at radius 3 is 1.92 bits per heavy atom. The Balaban J connectivity index is 4.43. The zero-order chi connectivity index (χ0) is 10.3. The lowest BCUT2D eigenvalue weighted by Crippen LogP contribution is -2.42. The van der Waals surface area contributed by atoms with E-state index >= 15 is 0 Å².